The SMILES string of the molecule is CC(C)(C)OC(=O)ON1CCC(c2ccc(COCCCOc3ccc(F)cc3)cc2)C(OCc2ccc3ccccc3c2)C1. The molecule has 0 aromatic heterocycles. The fourth-order valence-corrected chi connectivity index (χ4v) is 5.36. The van der Waals surface area contributed by atoms with E-state index < -0.39 is 11.8 Å². The molecule has 7 nitrogen and oxygen atoms in total. The van der Waals surface area contributed by atoms with Crippen molar-refractivity contribution >= 4 is 16.9 Å². The molecule has 0 bridgehead atoms. The van der Waals surface area contributed by atoms with E-state index >= 15 is 0 Å². The Balaban J connectivity index is 1.16. The average molecular weight is 616 g/mol. The van der Waals surface area contributed by atoms with Gasteiger partial charge in [-0.1, -0.05) is 60.7 Å². The minimum atomic E-state index is -0.708. The normalized spacial score (nSPS) is 17.2. The summed E-state index contributed by atoms with van der Waals surface area (Å²) in [6.45, 7) is 8.46. The fourth-order valence-electron chi connectivity index (χ4n) is 5.36. The van der Waals surface area contributed by atoms with Crippen LogP contribution in [0.3, 0.4) is 0 Å². The summed E-state index contributed by atoms with van der Waals surface area (Å²) in [6.07, 6.45) is 0.585. The fraction of sp³-hybridized carbons (Fsp3) is 0.378. The van der Waals surface area contributed by atoms with E-state index in [0.29, 0.717) is 45.3 Å². The average Bonchev–Trinajstić information content (AvgIpc) is 3.02. The van der Waals surface area contributed by atoms with Crippen LogP contribution in [0.1, 0.15) is 56.2 Å². The molecule has 0 radical (unpaired) electrons. The Hall–Kier alpha value is -3.98. The van der Waals surface area contributed by atoms with Crippen molar-refractivity contribution in [2.45, 2.75) is 64.4 Å². The number of hydrogen-bond donors (Lipinski definition) is 0. The van der Waals surface area contributed by atoms with Crippen LogP contribution < -0.4 is 4.74 Å². The third kappa shape index (κ3) is 10.0. The predicted octanol–water partition coefficient (Wildman–Crippen LogP) is 8.21. The minimum Gasteiger partial charge on any atom is -0.494 e. The van der Waals surface area contributed by atoms with Crippen molar-refractivity contribution < 1.29 is 33.0 Å². The molecule has 1 aliphatic heterocycles. The molecular formula is C37H42FNO6. The molecule has 0 saturated carbocycles. The first kappa shape index (κ1) is 32.4. The summed E-state index contributed by atoms with van der Waals surface area (Å²) < 4.78 is 36.4. The van der Waals surface area contributed by atoms with Crippen molar-refractivity contribution in [2.75, 3.05) is 26.3 Å². The first-order chi connectivity index (χ1) is 21.7. The Morgan fingerprint density at radius 2 is 1.60 bits per heavy atom. The number of nitrogens with zero attached hydrogens (tertiary/aromatic N) is 1. The summed E-state index contributed by atoms with van der Waals surface area (Å²) in [6, 6.07) is 29.1. The van der Waals surface area contributed by atoms with Gasteiger partial charge in [-0.25, -0.2) is 9.18 Å². The predicted molar refractivity (Wildman–Crippen MR) is 171 cm³/mol. The van der Waals surface area contributed by atoms with Gasteiger partial charge in [0.1, 0.15) is 17.2 Å². The van der Waals surface area contributed by atoms with Crippen LogP contribution in [-0.4, -0.2) is 49.2 Å². The summed E-state index contributed by atoms with van der Waals surface area (Å²) >= 11 is 0. The molecule has 0 amide bonds. The second-order valence-corrected chi connectivity index (χ2v) is 12.3. The van der Waals surface area contributed by atoms with Gasteiger partial charge < -0.3 is 23.8 Å². The lowest BCUT2D eigenvalue weighted by Crippen LogP contribution is -2.45. The molecule has 0 N–H and O–H groups in total. The maximum absolute atomic E-state index is 13.0. The van der Waals surface area contributed by atoms with Gasteiger partial charge in [0.2, 0.25) is 0 Å². The number of carbonyl (C=O) groups excluding carboxylic acids is 1. The van der Waals surface area contributed by atoms with Gasteiger partial charge in [0.15, 0.2) is 0 Å². The Morgan fingerprint density at radius 1 is 0.867 bits per heavy atom. The van der Waals surface area contributed by atoms with Crippen molar-refractivity contribution in [2.24, 2.45) is 0 Å². The van der Waals surface area contributed by atoms with E-state index in [1.165, 1.54) is 28.5 Å². The van der Waals surface area contributed by atoms with E-state index in [1.54, 1.807) is 17.2 Å². The molecule has 8 heteroatoms. The maximum Gasteiger partial charge on any atom is 0.528 e. The molecule has 4 aromatic carbocycles. The Bertz CT molecular complexity index is 1520. The number of fused-ring (bicyclic) bond motifs is 1. The van der Waals surface area contributed by atoms with Gasteiger partial charge in [0, 0.05) is 18.9 Å². The number of ether oxygens (including phenoxy) is 4. The van der Waals surface area contributed by atoms with Crippen molar-refractivity contribution in [1.29, 1.82) is 0 Å². The standard InChI is InChI=1S/C37H42FNO6/c1-37(2,3)44-36(40)45-39-20-19-34(35(24-39)43-26-28-11-12-29-7-4-5-8-31(29)23-28)30-13-9-27(10-14-30)25-41-21-6-22-42-33-17-15-32(38)16-18-33/h4-5,7-18,23,34-35H,6,19-22,24-26H2,1-3H3. The Labute approximate surface area is 264 Å². The van der Waals surface area contributed by atoms with E-state index in [9.17, 15) is 9.18 Å². The highest BCUT2D eigenvalue weighted by Crippen LogP contribution is 2.32. The molecular weight excluding hydrogens is 573 g/mol. The smallest absolute Gasteiger partial charge is 0.494 e. The second kappa shape index (κ2) is 15.3. The molecule has 45 heavy (non-hydrogen) atoms. The molecule has 238 valence electrons. The molecule has 2 unspecified atom stereocenters. The van der Waals surface area contributed by atoms with Crippen LogP contribution in [0, 0.1) is 5.82 Å². The molecule has 1 heterocycles. The summed E-state index contributed by atoms with van der Waals surface area (Å²) in [5, 5.41) is 4.01. The summed E-state index contributed by atoms with van der Waals surface area (Å²) in [5.41, 5.74) is 2.71. The van der Waals surface area contributed by atoms with E-state index in [0.717, 1.165) is 24.0 Å². The summed E-state index contributed by atoms with van der Waals surface area (Å²) in [5.74, 6) is 0.495. The van der Waals surface area contributed by atoms with Crippen LogP contribution in [0.5, 0.6) is 5.75 Å². The largest absolute Gasteiger partial charge is 0.528 e. The number of benzene rings is 4. The van der Waals surface area contributed by atoms with Crippen LogP contribution >= 0.6 is 0 Å². The first-order valence-corrected chi connectivity index (χ1v) is 15.5. The number of hydrogen-bond acceptors (Lipinski definition) is 7. The van der Waals surface area contributed by atoms with Gasteiger partial charge in [-0.05, 0) is 85.0 Å². The lowest BCUT2D eigenvalue weighted by Gasteiger charge is -2.37. The van der Waals surface area contributed by atoms with Gasteiger partial charge in [0.05, 0.1) is 39.1 Å². The van der Waals surface area contributed by atoms with Gasteiger partial charge in [-0.15, -0.1) is 5.06 Å². The summed E-state index contributed by atoms with van der Waals surface area (Å²) in [7, 11) is 0. The zero-order chi connectivity index (χ0) is 31.6. The van der Waals surface area contributed by atoms with E-state index in [2.05, 4.69) is 54.6 Å². The molecule has 5 rings (SSSR count). The Kier molecular flexibility index (Phi) is 11.1. The topological polar surface area (TPSA) is 66.5 Å². The Morgan fingerprint density at radius 3 is 2.36 bits per heavy atom. The number of halogens is 1. The number of rotatable bonds is 12. The highest BCUT2D eigenvalue weighted by molar-refractivity contribution is 5.82. The van der Waals surface area contributed by atoms with Gasteiger partial charge in [0.25, 0.3) is 0 Å². The molecule has 2 atom stereocenters. The zero-order valence-electron chi connectivity index (χ0n) is 26.2. The number of hydroxylamine groups is 2. The third-order valence-electron chi connectivity index (χ3n) is 7.58. The lowest BCUT2D eigenvalue weighted by molar-refractivity contribution is -0.179. The van der Waals surface area contributed by atoms with Crippen LogP contribution in [0.4, 0.5) is 9.18 Å². The van der Waals surface area contributed by atoms with Crippen LogP contribution in [0.2, 0.25) is 0 Å². The third-order valence-corrected chi connectivity index (χ3v) is 7.58. The van der Waals surface area contributed by atoms with Gasteiger partial charge in [-0.2, -0.15) is 0 Å². The highest BCUT2D eigenvalue weighted by Gasteiger charge is 2.34. The van der Waals surface area contributed by atoms with Gasteiger partial charge >= 0.3 is 6.16 Å². The van der Waals surface area contributed by atoms with Crippen molar-refractivity contribution in [3.8, 4) is 5.75 Å². The number of carbonyl (C=O) groups is 1. The van der Waals surface area contributed by atoms with Crippen molar-refractivity contribution in [3.05, 3.63) is 114 Å². The van der Waals surface area contributed by atoms with E-state index in [-0.39, 0.29) is 17.8 Å². The van der Waals surface area contributed by atoms with Crippen molar-refractivity contribution in [1.82, 2.24) is 5.06 Å². The maximum atomic E-state index is 13.0. The lowest BCUT2D eigenvalue weighted by atomic mass is 9.87. The monoisotopic (exact) mass is 615 g/mol. The van der Waals surface area contributed by atoms with E-state index in [4.69, 9.17) is 23.8 Å². The second-order valence-electron chi connectivity index (χ2n) is 12.3. The molecule has 0 spiro atoms. The van der Waals surface area contributed by atoms with Gasteiger partial charge in [-0.3, -0.25) is 0 Å². The molecule has 4 aromatic rings. The van der Waals surface area contributed by atoms with Crippen LogP contribution in [-0.2, 0) is 32.3 Å². The molecule has 1 fully saturated rings. The quantitative estimate of drug-likeness (QED) is 0.118. The van der Waals surface area contributed by atoms with E-state index in [1.807, 2.05) is 32.9 Å². The van der Waals surface area contributed by atoms with Crippen LogP contribution in [0.15, 0.2) is 91.0 Å². The zero-order valence-corrected chi connectivity index (χ0v) is 26.2. The van der Waals surface area contributed by atoms with Crippen molar-refractivity contribution in [3.63, 3.8) is 0 Å². The summed E-state index contributed by atoms with van der Waals surface area (Å²) in [4.78, 5) is 18.0. The minimum absolute atomic E-state index is 0.127. The number of piperidine rings is 1. The molecule has 1 aliphatic rings. The molecule has 0 aliphatic carbocycles. The first-order valence-electron chi connectivity index (χ1n) is 15.5. The molecule has 1 saturated heterocycles. The highest BCUT2D eigenvalue weighted by atomic mass is 19.1. The van der Waals surface area contributed by atoms with Crippen LogP contribution in [0.25, 0.3) is 10.8 Å².